The van der Waals surface area contributed by atoms with Crippen molar-refractivity contribution in [1.29, 1.82) is 0 Å². The molecule has 1 fully saturated rings. The Balaban J connectivity index is 1.37. The molecule has 3 aromatic rings. The standard InChI is InChI=1S/C21H22N2O3S/c1-14-18(22-21(26-14)19-3-2-12-27-19)13-20(25)23-10-8-16(9-11-23)15-4-6-17(24)7-5-15/h2-7,12,16,24H,8-11,13H2,1H3. The third-order valence-corrected chi connectivity index (χ3v) is 6.01. The molecule has 0 unspecified atom stereocenters. The molecule has 27 heavy (non-hydrogen) atoms. The third kappa shape index (κ3) is 3.90. The summed E-state index contributed by atoms with van der Waals surface area (Å²) in [6.45, 7) is 3.36. The van der Waals surface area contributed by atoms with Gasteiger partial charge >= 0.3 is 0 Å². The Bertz CT molecular complexity index is 908. The van der Waals surface area contributed by atoms with Crippen LogP contribution in [0.1, 0.15) is 35.8 Å². The van der Waals surface area contributed by atoms with Gasteiger partial charge in [0.15, 0.2) is 0 Å². The Kier molecular flexibility index (Phi) is 4.99. The number of piperidine rings is 1. The summed E-state index contributed by atoms with van der Waals surface area (Å²) < 4.78 is 5.74. The molecule has 0 saturated carbocycles. The Morgan fingerprint density at radius 1 is 1.26 bits per heavy atom. The molecule has 0 bridgehead atoms. The number of aromatic hydroxyl groups is 1. The second-order valence-electron chi connectivity index (χ2n) is 6.92. The summed E-state index contributed by atoms with van der Waals surface area (Å²) in [5, 5.41) is 11.4. The largest absolute Gasteiger partial charge is 0.508 e. The lowest BCUT2D eigenvalue weighted by atomic mass is 9.89. The number of carbonyl (C=O) groups is 1. The molecule has 3 heterocycles. The average molecular weight is 382 g/mol. The zero-order valence-corrected chi connectivity index (χ0v) is 16.0. The molecule has 0 spiro atoms. The summed E-state index contributed by atoms with van der Waals surface area (Å²) in [4.78, 5) is 20.2. The number of nitrogens with zero attached hydrogens (tertiary/aromatic N) is 2. The minimum Gasteiger partial charge on any atom is -0.508 e. The van der Waals surface area contributed by atoms with Crippen LogP contribution in [-0.2, 0) is 11.2 Å². The third-order valence-electron chi connectivity index (χ3n) is 5.16. The molecule has 1 saturated heterocycles. The number of phenols is 1. The van der Waals surface area contributed by atoms with Gasteiger partial charge in [-0.2, -0.15) is 0 Å². The monoisotopic (exact) mass is 382 g/mol. The normalized spacial score (nSPS) is 15.2. The van der Waals surface area contributed by atoms with E-state index >= 15 is 0 Å². The van der Waals surface area contributed by atoms with Crippen LogP contribution in [0.2, 0.25) is 0 Å². The van der Waals surface area contributed by atoms with E-state index in [1.807, 2.05) is 41.5 Å². The predicted molar refractivity (Wildman–Crippen MR) is 105 cm³/mol. The van der Waals surface area contributed by atoms with Gasteiger partial charge in [0.1, 0.15) is 11.5 Å². The second-order valence-corrected chi connectivity index (χ2v) is 7.87. The summed E-state index contributed by atoms with van der Waals surface area (Å²) >= 11 is 1.58. The molecule has 1 amide bonds. The molecule has 4 rings (SSSR count). The molecular weight excluding hydrogens is 360 g/mol. The molecule has 0 aliphatic carbocycles. The predicted octanol–water partition coefficient (Wildman–Crippen LogP) is 4.37. The Morgan fingerprint density at radius 2 is 2.00 bits per heavy atom. The molecule has 1 N–H and O–H groups in total. The maximum absolute atomic E-state index is 12.7. The van der Waals surface area contributed by atoms with E-state index in [9.17, 15) is 9.90 Å². The first kappa shape index (κ1) is 17.8. The fourth-order valence-corrected chi connectivity index (χ4v) is 4.21. The average Bonchev–Trinajstić information content (AvgIpc) is 3.33. The number of phenolic OH excluding ortho intramolecular Hbond substituents is 1. The first-order valence-electron chi connectivity index (χ1n) is 9.17. The van der Waals surface area contributed by atoms with Crippen LogP contribution in [0.4, 0.5) is 0 Å². The minimum absolute atomic E-state index is 0.105. The summed E-state index contributed by atoms with van der Waals surface area (Å²) in [7, 11) is 0. The van der Waals surface area contributed by atoms with Gasteiger partial charge in [-0.05, 0) is 54.8 Å². The zero-order valence-electron chi connectivity index (χ0n) is 15.2. The molecule has 1 aromatic carbocycles. The highest BCUT2D eigenvalue weighted by atomic mass is 32.1. The lowest BCUT2D eigenvalue weighted by molar-refractivity contribution is -0.131. The Hall–Kier alpha value is -2.60. The van der Waals surface area contributed by atoms with Crippen LogP contribution in [-0.4, -0.2) is 34.0 Å². The fourth-order valence-electron chi connectivity index (χ4n) is 3.56. The molecule has 6 heteroatoms. The van der Waals surface area contributed by atoms with Crippen LogP contribution in [0.25, 0.3) is 10.8 Å². The molecule has 5 nitrogen and oxygen atoms in total. The van der Waals surface area contributed by atoms with Crippen molar-refractivity contribution >= 4 is 17.2 Å². The molecule has 1 aliphatic rings. The SMILES string of the molecule is Cc1oc(-c2cccs2)nc1CC(=O)N1CCC(c2ccc(O)cc2)CC1. The number of aryl methyl sites for hydroxylation is 1. The van der Waals surface area contributed by atoms with Gasteiger partial charge in [-0.3, -0.25) is 4.79 Å². The number of likely N-dealkylation sites (tertiary alicyclic amines) is 1. The number of carbonyl (C=O) groups excluding carboxylic acids is 1. The maximum atomic E-state index is 12.7. The second kappa shape index (κ2) is 7.56. The van der Waals surface area contributed by atoms with E-state index in [-0.39, 0.29) is 18.1 Å². The lowest BCUT2D eigenvalue weighted by Crippen LogP contribution is -2.38. The van der Waals surface area contributed by atoms with E-state index in [0.29, 0.717) is 17.6 Å². The molecule has 140 valence electrons. The van der Waals surface area contributed by atoms with Gasteiger partial charge in [-0.1, -0.05) is 18.2 Å². The van der Waals surface area contributed by atoms with Crippen molar-refractivity contribution in [3.8, 4) is 16.5 Å². The minimum atomic E-state index is 0.105. The van der Waals surface area contributed by atoms with Crippen molar-refractivity contribution < 1.29 is 14.3 Å². The van der Waals surface area contributed by atoms with Crippen LogP contribution in [0.3, 0.4) is 0 Å². The highest BCUT2D eigenvalue weighted by Crippen LogP contribution is 2.30. The van der Waals surface area contributed by atoms with Crippen LogP contribution in [0, 0.1) is 6.92 Å². The van der Waals surface area contributed by atoms with Crippen LogP contribution in [0.5, 0.6) is 5.75 Å². The maximum Gasteiger partial charge on any atom is 0.236 e. The van der Waals surface area contributed by atoms with Crippen LogP contribution in [0.15, 0.2) is 46.2 Å². The Labute approximate surface area is 162 Å². The van der Waals surface area contributed by atoms with Crippen molar-refractivity contribution in [2.24, 2.45) is 0 Å². The van der Waals surface area contributed by atoms with Gasteiger partial charge in [0.2, 0.25) is 11.8 Å². The number of aromatic nitrogens is 1. The number of hydrogen-bond acceptors (Lipinski definition) is 5. The molecule has 0 radical (unpaired) electrons. The van der Waals surface area contributed by atoms with E-state index in [4.69, 9.17) is 4.42 Å². The summed E-state index contributed by atoms with van der Waals surface area (Å²) in [5.74, 6) is 2.14. The molecule has 0 atom stereocenters. The van der Waals surface area contributed by atoms with Crippen molar-refractivity contribution in [1.82, 2.24) is 9.88 Å². The Morgan fingerprint density at radius 3 is 2.67 bits per heavy atom. The van der Waals surface area contributed by atoms with Gasteiger partial charge < -0.3 is 14.4 Å². The quantitative estimate of drug-likeness (QED) is 0.728. The van der Waals surface area contributed by atoms with Crippen molar-refractivity contribution in [2.45, 2.75) is 32.1 Å². The van der Waals surface area contributed by atoms with Crippen molar-refractivity contribution in [3.05, 3.63) is 58.8 Å². The number of thiophene rings is 1. The molecule has 2 aromatic heterocycles. The summed E-state index contributed by atoms with van der Waals surface area (Å²) in [5.41, 5.74) is 1.96. The smallest absolute Gasteiger partial charge is 0.236 e. The van der Waals surface area contributed by atoms with Crippen LogP contribution < -0.4 is 0 Å². The molecule has 1 aliphatic heterocycles. The van der Waals surface area contributed by atoms with Gasteiger partial charge in [0, 0.05) is 13.1 Å². The van der Waals surface area contributed by atoms with Gasteiger partial charge in [-0.15, -0.1) is 11.3 Å². The summed E-state index contributed by atoms with van der Waals surface area (Å²) in [6, 6.07) is 11.3. The number of amides is 1. The topological polar surface area (TPSA) is 66.6 Å². The first-order chi connectivity index (χ1) is 13.1. The number of hydrogen-bond donors (Lipinski definition) is 1. The molecular formula is C21H22N2O3S. The zero-order chi connectivity index (χ0) is 18.8. The highest BCUT2D eigenvalue weighted by Gasteiger charge is 2.25. The van der Waals surface area contributed by atoms with Gasteiger partial charge in [0.05, 0.1) is 17.0 Å². The number of oxazole rings is 1. The van der Waals surface area contributed by atoms with E-state index in [1.54, 1.807) is 23.5 Å². The first-order valence-corrected chi connectivity index (χ1v) is 10.0. The van der Waals surface area contributed by atoms with E-state index in [0.717, 1.165) is 36.5 Å². The van der Waals surface area contributed by atoms with E-state index < -0.39 is 0 Å². The van der Waals surface area contributed by atoms with E-state index in [1.165, 1.54) is 5.56 Å². The van der Waals surface area contributed by atoms with Crippen molar-refractivity contribution in [2.75, 3.05) is 13.1 Å². The summed E-state index contributed by atoms with van der Waals surface area (Å²) in [6.07, 6.45) is 2.16. The number of rotatable bonds is 4. The van der Waals surface area contributed by atoms with Crippen molar-refractivity contribution in [3.63, 3.8) is 0 Å². The number of benzene rings is 1. The van der Waals surface area contributed by atoms with Gasteiger partial charge in [-0.25, -0.2) is 4.98 Å². The highest BCUT2D eigenvalue weighted by molar-refractivity contribution is 7.13. The van der Waals surface area contributed by atoms with E-state index in [2.05, 4.69) is 4.98 Å². The lowest BCUT2D eigenvalue weighted by Gasteiger charge is -2.32. The fraction of sp³-hybridized carbons (Fsp3) is 0.333. The van der Waals surface area contributed by atoms with Gasteiger partial charge in [0.25, 0.3) is 0 Å². The van der Waals surface area contributed by atoms with Crippen LogP contribution >= 0.6 is 11.3 Å².